The van der Waals surface area contributed by atoms with Crippen molar-refractivity contribution in [2.24, 2.45) is 35.5 Å². The van der Waals surface area contributed by atoms with E-state index in [-0.39, 0.29) is 69.9 Å². The van der Waals surface area contributed by atoms with Gasteiger partial charge in [-0.05, 0) is 175 Å². The predicted molar refractivity (Wildman–Crippen MR) is 309 cm³/mol. The number of fused-ring (bicyclic) bond motifs is 3. The van der Waals surface area contributed by atoms with Crippen LogP contribution in [0.2, 0.25) is 5.15 Å². The number of hydrogen-bond acceptors (Lipinski definition) is 18. The predicted octanol–water partition coefficient (Wildman–Crippen LogP) is 7.04. The molecule has 4 aromatic heterocycles. The van der Waals surface area contributed by atoms with Crippen LogP contribution in [0.4, 0.5) is 14.4 Å². The second kappa shape index (κ2) is 30.6. The summed E-state index contributed by atoms with van der Waals surface area (Å²) < 4.78 is 34.0. The van der Waals surface area contributed by atoms with Crippen LogP contribution in [0.1, 0.15) is 125 Å². The molecule has 2 N–H and O–H groups in total. The van der Waals surface area contributed by atoms with E-state index in [9.17, 15) is 24.3 Å². The SMILES string of the molecule is CC(C)(C)OC(=O)N1C[C@H]2CC(=O)C[C@H]2C1.CC(C)(C)OC(=O)N1C[C@H]2CC(O)C[C@H]2C1.CO.Cc1ncccc1Oc1ncnc(Cl)c1C.Cc1ncccc1Oc1ncnc(OC2C[C@@H]3CN(C(=O)OC(C)(C)C)C[C@@H]3C2)c1C.[B].[H-].[Na+]. The fourth-order valence-corrected chi connectivity index (χ4v) is 10.9. The van der Waals surface area contributed by atoms with Crippen molar-refractivity contribution in [3.05, 3.63) is 77.0 Å². The van der Waals surface area contributed by atoms with Crippen molar-refractivity contribution in [3.8, 4) is 29.1 Å². The largest absolute Gasteiger partial charge is 1.00 e. The molecule has 6 fully saturated rings. The van der Waals surface area contributed by atoms with Crippen LogP contribution in [0.3, 0.4) is 0 Å². The zero-order valence-corrected chi connectivity index (χ0v) is 53.9. The Balaban J connectivity index is 0.000000302. The van der Waals surface area contributed by atoms with Gasteiger partial charge in [0.05, 0.1) is 23.1 Å². The molecule has 3 aliphatic heterocycles. The van der Waals surface area contributed by atoms with Crippen molar-refractivity contribution in [2.45, 2.75) is 158 Å². The molecule has 2 unspecified atom stereocenters. The van der Waals surface area contributed by atoms with Gasteiger partial charge in [0.25, 0.3) is 0 Å². The van der Waals surface area contributed by atoms with E-state index in [1.165, 1.54) is 12.7 Å². The maximum absolute atomic E-state index is 12.4. The molecule has 24 heteroatoms. The molecule has 449 valence electrons. The van der Waals surface area contributed by atoms with Crippen molar-refractivity contribution < 1.29 is 88.8 Å². The Morgan fingerprint density at radius 3 is 1.29 bits per heavy atom. The minimum atomic E-state index is -0.473. The number of aromatic nitrogens is 6. The zero-order valence-electron chi connectivity index (χ0n) is 52.2. The van der Waals surface area contributed by atoms with E-state index in [1.807, 2.05) is 113 Å². The number of ether oxygens (including phenoxy) is 6. The number of likely N-dealkylation sites (tertiary alicyclic amines) is 3. The van der Waals surface area contributed by atoms with Gasteiger partial charge in [-0.1, -0.05) is 11.6 Å². The number of carbonyl (C=O) groups is 4. The summed E-state index contributed by atoms with van der Waals surface area (Å²) in [4.78, 5) is 77.4. The first kappa shape index (κ1) is 70.1. The number of ketones is 1. The van der Waals surface area contributed by atoms with Crippen LogP contribution in [0.15, 0.2) is 49.3 Å². The molecule has 0 spiro atoms. The molecule has 8 atom stereocenters. The number of aliphatic hydroxyl groups is 2. The number of aryl methyl sites for hydroxylation is 2. The minimum Gasteiger partial charge on any atom is -1.00 e. The first-order valence-corrected chi connectivity index (χ1v) is 28.2. The van der Waals surface area contributed by atoms with E-state index in [1.54, 1.807) is 28.3 Å². The van der Waals surface area contributed by atoms with Crippen LogP contribution >= 0.6 is 11.6 Å². The zero-order chi connectivity index (χ0) is 59.6. The third-order valence-electron chi connectivity index (χ3n) is 14.5. The van der Waals surface area contributed by atoms with Crippen LogP contribution in [0.5, 0.6) is 29.1 Å². The van der Waals surface area contributed by atoms with Crippen molar-refractivity contribution in [2.75, 3.05) is 46.4 Å². The summed E-state index contributed by atoms with van der Waals surface area (Å²) >= 11 is 5.87. The monoisotopic (exact) mass is 1180 g/mol. The maximum atomic E-state index is 12.4. The standard InChI is InChI=1S/C23H30N4O4.C12H21NO3.C12H19NO3.C11H10ClN3O.CH4O.B.Na.H/c1-14-20(25-13-26-21(14)30-19-7-6-8-24-15(19)2)29-18-9-16-11-27(12-17(16)10-18)22(28)31-23(3,4)5;2*1-12(2,3)16-11(15)13-6-8-4-10(14)5-9(8)7-13;1-7-10(12)14-6-15-11(7)16-9-4-3-5-13-8(9)2;1-2;;;/h6-8,13,16-18H,9-12H2,1-5H3;8-10,14H,4-7H2,1-3H3;8-9H,4-7H2,1-3H3;3-6H,1-2H3;2H,1H3;;;/q;;;;;;+1;-1/t16-,17+,18?;8-,9+,10?;8-,9+;;;;;. The van der Waals surface area contributed by atoms with Crippen LogP contribution in [-0.4, -0.2) is 163 Å². The molecule has 3 radical (unpaired) electrons. The molecule has 3 saturated heterocycles. The Morgan fingerprint density at radius 1 is 0.554 bits per heavy atom. The smallest absolute Gasteiger partial charge is 1.00 e. The van der Waals surface area contributed by atoms with Crippen molar-refractivity contribution in [3.63, 3.8) is 0 Å². The molecule has 83 heavy (non-hydrogen) atoms. The van der Waals surface area contributed by atoms with Gasteiger partial charge in [-0.25, -0.2) is 34.3 Å². The number of halogens is 1. The summed E-state index contributed by atoms with van der Waals surface area (Å²) in [7, 11) is 1.00. The summed E-state index contributed by atoms with van der Waals surface area (Å²) in [6.45, 7) is 28.7. The summed E-state index contributed by atoms with van der Waals surface area (Å²) in [5, 5.41) is 16.9. The molecule has 3 aliphatic carbocycles. The fraction of sp³-hybridized carbons (Fsp3) is 0.627. The van der Waals surface area contributed by atoms with Crippen molar-refractivity contribution >= 4 is 44.1 Å². The Hall–Kier alpha value is -5.39. The van der Waals surface area contributed by atoms with Gasteiger partial charge in [-0.2, -0.15) is 0 Å². The average molecular weight is 1180 g/mol. The van der Waals surface area contributed by atoms with Gasteiger partial charge in [0.1, 0.15) is 46.5 Å². The van der Waals surface area contributed by atoms with Gasteiger partial charge in [-0.15, -0.1) is 0 Å². The first-order valence-electron chi connectivity index (χ1n) is 27.8. The van der Waals surface area contributed by atoms with E-state index in [2.05, 4.69) is 29.9 Å². The quantitative estimate of drug-likeness (QED) is 0.112. The second-order valence-electron chi connectivity index (χ2n) is 24.6. The van der Waals surface area contributed by atoms with Gasteiger partial charge < -0.3 is 54.8 Å². The van der Waals surface area contributed by atoms with E-state index >= 15 is 0 Å². The van der Waals surface area contributed by atoms with Crippen LogP contribution in [0, 0.1) is 63.2 Å². The average Bonchev–Trinajstić information content (AvgIpc) is 4.33. The van der Waals surface area contributed by atoms with Gasteiger partial charge in [-0.3, -0.25) is 14.8 Å². The van der Waals surface area contributed by atoms with E-state index in [4.69, 9.17) is 45.1 Å². The van der Waals surface area contributed by atoms with E-state index in [0.29, 0.717) is 107 Å². The van der Waals surface area contributed by atoms with Crippen molar-refractivity contribution in [1.29, 1.82) is 0 Å². The van der Waals surface area contributed by atoms with E-state index in [0.717, 1.165) is 75.9 Å². The molecule has 0 bridgehead atoms. The van der Waals surface area contributed by atoms with Gasteiger partial charge in [0.15, 0.2) is 11.5 Å². The normalized spacial score (nSPS) is 22.8. The molecule has 6 aliphatic rings. The third-order valence-corrected chi connectivity index (χ3v) is 14.9. The fourth-order valence-electron chi connectivity index (χ4n) is 10.8. The molecule has 21 nitrogen and oxygen atoms in total. The molecule has 4 aromatic rings. The number of pyridine rings is 2. The number of aliphatic hydroxyl groups excluding tert-OH is 2. The van der Waals surface area contributed by atoms with Crippen LogP contribution in [0.25, 0.3) is 0 Å². The number of Topliss-reactive ketones (excluding diaryl/α,β-unsaturated/α-hetero) is 1. The molecule has 7 heterocycles. The summed E-state index contributed by atoms with van der Waals surface area (Å²) in [6.07, 6.45) is 10.3. The maximum Gasteiger partial charge on any atom is 1.00 e. The van der Waals surface area contributed by atoms with E-state index < -0.39 is 16.8 Å². The van der Waals surface area contributed by atoms with Gasteiger partial charge >= 0.3 is 47.8 Å². The molecule has 3 saturated carbocycles. The summed E-state index contributed by atoms with van der Waals surface area (Å²) in [5.41, 5.74) is 1.74. The Morgan fingerprint density at radius 2 is 0.904 bits per heavy atom. The number of hydrogen-bond donors (Lipinski definition) is 2. The Kier molecular flexibility index (Phi) is 25.9. The van der Waals surface area contributed by atoms with Gasteiger partial charge in [0.2, 0.25) is 17.6 Å². The number of nitrogens with zero attached hydrogens (tertiary/aromatic N) is 9. The number of rotatable bonds is 6. The van der Waals surface area contributed by atoms with Crippen LogP contribution < -0.4 is 43.8 Å². The summed E-state index contributed by atoms with van der Waals surface area (Å²) in [5.74, 6) is 5.69. The van der Waals surface area contributed by atoms with Crippen LogP contribution in [-0.2, 0) is 19.0 Å². The number of carbonyl (C=O) groups excluding carboxylic acids is 4. The van der Waals surface area contributed by atoms with Gasteiger partial charge in [0, 0.05) is 85.6 Å². The number of amides is 3. The molecular formula is C59H85BClN9NaO12. The Bertz CT molecular complexity index is 2770. The molecule has 0 aromatic carbocycles. The minimum absolute atomic E-state index is 0. The Labute approximate surface area is 520 Å². The third kappa shape index (κ3) is 20.7. The topological polar surface area (TPSA) is 251 Å². The molecule has 3 amide bonds. The first-order chi connectivity index (χ1) is 38.1. The second-order valence-corrected chi connectivity index (χ2v) is 24.9. The summed E-state index contributed by atoms with van der Waals surface area (Å²) in [6, 6.07) is 7.32. The molecular weight excluding hydrogens is 1100 g/mol. The molecule has 10 rings (SSSR count). The van der Waals surface area contributed by atoms with Crippen molar-refractivity contribution in [1.82, 2.24) is 44.6 Å².